The maximum absolute atomic E-state index is 12.1. The van der Waals surface area contributed by atoms with Crippen LogP contribution in [-0.2, 0) is 6.42 Å². The molecule has 0 aliphatic carbocycles. The minimum atomic E-state index is -0.0633. The van der Waals surface area contributed by atoms with Crippen molar-refractivity contribution in [1.82, 2.24) is 0 Å². The Balaban J connectivity index is 1.97. The first kappa shape index (κ1) is 14.3. The second kappa shape index (κ2) is 6.90. The summed E-state index contributed by atoms with van der Waals surface area (Å²) in [7, 11) is 0. The molecule has 0 unspecified atom stereocenters. The van der Waals surface area contributed by atoms with Gasteiger partial charge in [0.1, 0.15) is 0 Å². The van der Waals surface area contributed by atoms with Crippen molar-refractivity contribution < 1.29 is 4.79 Å². The molecule has 2 aromatic carbocycles. The van der Waals surface area contributed by atoms with E-state index < -0.39 is 0 Å². The normalized spacial score (nSPS) is 10.6. The third-order valence-electron chi connectivity index (χ3n) is 3.26. The van der Waals surface area contributed by atoms with Crippen LogP contribution in [0.25, 0.3) is 0 Å². The van der Waals surface area contributed by atoms with Gasteiger partial charge in [-0.15, -0.1) is 0 Å². The summed E-state index contributed by atoms with van der Waals surface area (Å²) in [6, 6.07) is 17.4. The van der Waals surface area contributed by atoms with Gasteiger partial charge in [-0.25, -0.2) is 0 Å². The van der Waals surface area contributed by atoms with Gasteiger partial charge in [0.2, 0.25) is 0 Å². The van der Waals surface area contributed by atoms with E-state index in [1.165, 1.54) is 12.0 Å². The molecule has 2 nitrogen and oxygen atoms in total. The van der Waals surface area contributed by atoms with Gasteiger partial charge in [-0.1, -0.05) is 44.2 Å². The van der Waals surface area contributed by atoms with E-state index in [2.05, 4.69) is 19.2 Å². The summed E-state index contributed by atoms with van der Waals surface area (Å²) in [6.07, 6.45) is 2.24. The molecule has 0 aliphatic rings. The lowest BCUT2D eigenvalue weighted by Crippen LogP contribution is -2.11. The number of carbonyl (C=O) groups excluding carboxylic acids is 1. The van der Waals surface area contributed by atoms with Gasteiger partial charge in [0.05, 0.1) is 0 Å². The van der Waals surface area contributed by atoms with Crippen molar-refractivity contribution in [3.05, 3.63) is 65.7 Å². The highest BCUT2D eigenvalue weighted by Gasteiger charge is 2.05. The number of benzene rings is 2. The van der Waals surface area contributed by atoms with Gasteiger partial charge >= 0.3 is 0 Å². The molecule has 1 amide bonds. The van der Waals surface area contributed by atoms with Crippen LogP contribution in [-0.4, -0.2) is 5.91 Å². The topological polar surface area (TPSA) is 29.1 Å². The van der Waals surface area contributed by atoms with Gasteiger partial charge in [-0.05, 0) is 48.6 Å². The van der Waals surface area contributed by atoms with Crippen molar-refractivity contribution >= 4 is 11.6 Å². The third-order valence-corrected chi connectivity index (χ3v) is 3.26. The van der Waals surface area contributed by atoms with Crippen LogP contribution in [0.1, 0.15) is 36.2 Å². The van der Waals surface area contributed by atoms with E-state index in [4.69, 9.17) is 0 Å². The number of amides is 1. The molecule has 0 spiro atoms. The number of anilines is 1. The fraction of sp³-hybridized carbons (Fsp3) is 0.278. The van der Waals surface area contributed by atoms with Crippen LogP contribution in [0.2, 0.25) is 0 Å². The molecule has 0 heterocycles. The summed E-state index contributed by atoms with van der Waals surface area (Å²) in [4.78, 5) is 12.1. The average Bonchev–Trinajstić information content (AvgIpc) is 2.46. The average molecular weight is 267 g/mol. The van der Waals surface area contributed by atoms with Crippen LogP contribution in [0.15, 0.2) is 54.6 Å². The Morgan fingerprint density at radius 2 is 1.65 bits per heavy atom. The minimum absolute atomic E-state index is 0.0633. The van der Waals surface area contributed by atoms with Crippen LogP contribution < -0.4 is 5.32 Å². The fourth-order valence-electron chi connectivity index (χ4n) is 2.00. The zero-order valence-electron chi connectivity index (χ0n) is 12.1. The first-order valence-electron chi connectivity index (χ1n) is 7.10. The van der Waals surface area contributed by atoms with Crippen LogP contribution in [0.3, 0.4) is 0 Å². The summed E-state index contributed by atoms with van der Waals surface area (Å²) in [5.41, 5.74) is 2.80. The highest BCUT2D eigenvalue weighted by atomic mass is 16.1. The molecule has 2 heteroatoms. The Hall–Kier alpha value is -2.09. The zero-order valence-corrected chi connectivity index (χ0v) is 12.1. The molecule has 0 bridgehead atoms. The molecule has 2 aromatic rings. The molecule has 1 N–H and O–H groups in total. The Morgan fingerprint density at radius 3 is 2.25 bits per heavy atom. The van der Waals surface area contributed by atoms with Gasteiger partial charge in [-0.3, -0.25) is 4.79 Å². The third kappa shape index (κ3) is 4.23. The van der Waals surface area contributed by atoms with E-state index in [1.54, 1.807) is 0 Å². The van der Waals surface area contributed by atoms with E-state index >= 15 is 0 Å². The quantitative estimate of drug-likeness (QED) is 0.847. The highest BCUT2D eigenvalue weighted by Crippen LogP contribution is 2.12. The van der Waals surface area contributed by atoms with Crippen molar-refractivity contribution in [3.8, 4) is 0 Å². The number of rotatable bonds is 5. The summed E-state index contributed by atoms with van der Waals surface area (Å²) in [5, 5.41) is 2.89. The molecule has 20 heavy (non-hydrogen) atoms. The summed E-state index contributed by atoms with van der Waals surface area (Å²) in [5.74, 6) is 0.641. The molecule has 0 fully saturated rings. The largest absolute Gasteiger partial charge is 0.322 e. The molecule has 0 saturated carbocycles. The Labute approximate surface area is 120 Å². The second-order valence-electron chi connectivity index (χ2n) is 5.45. The number of aryl methyl sites for hydroxylation is 1. The zero-order chi connectivity index (χ0) is 14.4. The molecule has 0 saturated heterocycles. The molecular weight excluding hydrogens is 246 g/mol. The fourth-order valence-corrected chi connectivity index (χ4v) is 2.00. The first-order chi connectivity index (χ1) is 9.65. The smallest absolute Gasteiger partial charge is 0.255 e. The molecular formula is C18H21NO. The van der Waals surface area contributed by atoms with Crippen molar-refractivity contribution in [2.75, 3.05) is 5.32 Å². The predicted octanol–water partition coefficient (Wildman–Crippen LogP) is 4.53. The SMILES string of the molecule is CC(C)CCc1ccc(C(=O)Nc2ccccc2)cc1. The summed E-state index contributed by atoms with van der Waals surface area (Å²) in [6.45, 7) is 4.45. The Kier molecular flexibility index (Phi) is 4.94. The number of nitrogens with one attached hydrogen (secondary N) is 1. The maximum Gasteiger partial charge on any atom is 0.255 e. The number of hydrogen-bond acceptors (Lipinski definition) is 1. The monoisotopic (exact) mass is 267 g/mol. The highest BCUT2D eigenvalue weighted by molar-refractivity contribution is 6.04. The van der Waals surface area contributed by atoms with Crippen molar-refractivity contribution in [1.29, 1.82) is 0 Å². The molecule has 0 radical (unpaired) electrons. The van der Waals surface area contributed by atoms with Gasteiger partial charge in [-0.2, -0.15) is 0 Å². The van der Waals surface area contributed by atoms with Crippen molar-refractivity contribution in [2.45, 2.75) is 26.7 Å². The predicted molar refractivity (Wildman–Crippen MR) is 84.0 cm³/mol. The van der Waals surface area contributed by atoms with Gasteiger partial charge < -0.3 is 5.32 Å². The van der Waals surface area contributed by atoms with E-state index in [9.17, 15) is 4.79 Å². The maximum atomic E-state index is 12.1. The standard InChI is InChI=1S/C18H21NO/c1-14(2)8-9-15-10-12-16(13-11-15)18(20)19-17-6-4-3-5-7-17/h3-7,10-14H,8-9H2,1-2H3,(H,19,20). The Bertz CT molecular complexity index is 543. The van der Waals surface area contributed by atoms with Crippen molar-refractivity contribution in [2.24, 2.45) is 5.92 Å². The lowest BCUT2D eigenvalue weighted by Gasteiger charge is -2.07. The summed E-state index contributed by atoms with van der Waals surface area (Å²) < 4.78 is 0. The van der Waals surface area contributed by atoms with Crippen LogP contribution >= 0.6 is 0 Å². The van der Waals surface area contributed by atoms with E-state index in [-0.39, 0.29) is 5.91 Å². The molecule has 104 valence electrons. The van der Waals surface area contributed by atoms with E-state index in [1.807, 2.05) is 54.6 Å². The number of carbonyl (C=O) groups is 1. The first-order valence-corrected chi connectivity index (χ1v) is 7.10. The van der Waals surface area contributed by atoms with Gasteiger partial charge in [0.25, 0.3) is 5.91 Å². The molecule has 0 aliphatic heterocycles. The second-order valence-corrected chi connectivity index (χ2v) is 5.45. The van der Waals surface area contributed by atoms with Gasteiger partial charge in [0, 0.05) is 11.3 Å². The van der Waals surface area contributed by atoms with Crippen molar-refractivity contribution in [3.63, 3.8) is 0 Å². The van der Waals surface area contributed by atoms with E-state index in [0.29, 0.717) is 11.5 Å². The molecule has 0 atom stereocenters. The minimum Gasteiger partial charge on any atom is -0.322 e. The summed E-state index contributed by atoms with van der Waals surface area (Å²) >= 11 is 0. The van der Waals surface area contributed by atoms with E-state index in [0.717, 1.165) is 12.1 Å². The van der Waals surface area contributed by atoms with Crippen LogP contribution in [0.4, 0.5) is 5.69 Å². The van der Waals surface area contributed by atoms with Gasteiger partial charge in [0.15, 0.2) is 0 Å². The van der Waals surface area contributed by atoms with Crippen LogP contribution in [0, 0.1) is 5.92 Å². The Morgan fingerprint density at radius 1 is 1.00 bits per heavy atom. The molecule has 2 rings (SSSR count). The van der Waals surface area contributed by atoms with Crippen LogP contribution in [0.5, 0.6) is 0 Å². The lowest BCUT2D eigenvalue weighted by molar-refractivity contribution is 0.102. The lowest BCUT2D eigenvalue weighted by atomic mass is 10.0. The number of para-hydroxylation sites is 1. The molecule has 0 aromatic heterocycles. The number of hydrogen-bond donors (Lipinski definition) is 1.